The van der Waals surface area contributed by atoms with E-state index in [0.717, 1.165) is 57.8 Å². The van der Waals surface area contributed by atoms with E-state index >= 15 is 0 Å². The molecule has 1 amide bonds. The number of carbonyl (C=O) groups is 2. The number of carbonyl (C=O) groups excluding carboxylic acids is 2. The van der Waals surface area contributed by atoms with Crippen molar-refractivity contribution >= 4 is 19.0 Å². The zero-order chi connectivity index (χ0) is 24.0. The van der Waals surface area contributed by atoms with Crippen LogP contribution in [0.5, 0.6) is 0 Å². The summed E-state index contributed by atoms with van der Waals surface area (Å²) in [6, 6.07) is -0.265. The summed E-state index contributed by atoms with van der Waals surface area (Å²) in [7, 11) is 1.19. The van der Waals surface area contributed by atoms with Crippen LogP contribution in [0.4, 0.5) is 0 Å². The topological polar surface area (TPSA) is 85.9 Å². The molecule has 0 saturated carbocycles. The van der Waals surface area contributed by atoms with Gasteiger partial charge in [-0.05, 0) is 72.7 Å². The average Bonchev–Trinajstić information content (AvgIpc) is 2.95. The van der Waals surface area contributed by atoms with Gasteiger partial charge in [0.25, 0.3) is 0 Å². The van der Waals surface area contributed by atoms with Crippen molar-refractivity contribution in [3.8, 4) is 0 Å². The summed E-state index contributed by atoms with van der Waals surface area (Å²) in [4.78, 5) is 25.9. The van der Waals surface area contributed by atoms with Crippen LogP contribution in [0.15, 0.2) is 0 Å². The van der Waals surface area contributed by atoms with Gasteiger partial charge in [-0.15, -0.1) is 0 Å². The molecule has 0 spiro atoms. The van der Waals surface area contributed by atoms with Gasteiger partial charge in [0.2, 0.25) is 5.91 Å². The highest BCUT2D eigenvalue weighted by Gasteiger charge is 2.51. The Hall–Kier alpha value is -1.12. The van der Waals surface area contributed by atoms with Crippen LogP contribution in [0.2, 0.25) is 6.32 Å². The van der Waals surface area contributed by atoms with Crippen LogP contribution in [0, 0.1) is 5.92 Å². The highest BCUT2D eigenvalue weighted by Crippen LogP contribution is 2.38. The maximum absolute atomic E-state index is 13.0. The summed E-state index contributed by atoms with van der Waals surface area (Å²) in [5.41, 5.74) is -1.55. The van der Waals surface area contributed by atoms with Crippen molar-refractivity contribution in [2.45, 2.75) is 122 Å². The summed E-state index contributed by atoms with van der Waals surface area (Å²) in [5.74, 6) is -0.254. The number of methoxy groups -OCH3 is 1. The van der Waals surface area contributed by atoms with E-state index in [0.29, 0.717) is 6.42 Å². The fraction of sp³-hybridized carbons (Fsp3) is 0.917. The van der Waals surface area contributed by atoms with Crippen molar-refractivity contribution in [1.82, 2.24) is 10.6 Å². The Balaban J connectivity index is 2.02. The van der Waals surface area contributed by atoms with Gasteiger partial charge in [-0.25, -0.2) is 4.79 Å². The standard InChI is InChI=1S/C24H45BN2O5/c1-8-13-18(9-2)20(28)27-19-14-12-17-26-24(19,21(29)30-7)15-10-11-16-25-31-22(3,4)23(5,6)32-25/h18-19,26H,8-17H2,1-7H3,(H,27,28). The van der Waals surface area contributed by atoms with Gasteiger partial charge in [0.15, 0.2) is 0 Å². The normalized spacial score (nSPS) is 27.7. The van der Waals surface area contributed by atoms with Crippen LogP contribution in [-0.2, 0) is 23.6 Å². The second kappa shape index (κ2) is 11.3. The summed E-state index contributed by atoms with van der Waals surface area (Å²) in [6.45, 7) is 13.1. The van der Waals surface area contributed by atoms with Crippen molar-refractivity contribution in [1.29, 1.82) is 0 Å². The van der Waals surface area contributed by atoms with Gasteiger partial charge in [0, 0.05) is 5.92 Å². The lowest BCUT2D eigenvalue weighted by atomic mass is 9.76. The van der Waals surface area contributed by atoms with E-state index in [9.17, 15) is 9.59 Å². The molecule has 2 aliphatic heterocycles. The van der Waals surface area contributed by atoms with Crippen LogP contribution in [0.25, 0.3) is 0 Å². The second-order valence-corrected chi connectivity index (χ2v) is 10.4. The molecule has 0 aromatic rings. The Morgan fingerprint density at radius 2 is 1.81 bits per heavy atom. The summed E-state index contributed by atoms with van der Waals surface area (Å²) < 4.78 is 17.4. The van der Waals surface area contributed by atoms with E-state index < -0.39 is 5.54 Å². The van der Waals surface area contributed by atoms with Crippen LogP contribution in [-0.4, -0.2) is 55.4 Å². The molecular weight excluding hydrogens is 407 g/mol. The molecule has 2 saturated heterocycles. The van der Waals surface area contributed by atoms with Crippen LogP contribution >= 0.6 is 0 Å². The number of unbranched alkanes of at least 4 members (excludes halogenated alkanes) is 1. The van der Waals surface area contributed by atoms with E-state index in [2.05, 4.69) is 45.3 Å². The molecule has 0 aliphatic carbocycles. The fourth-order valence-corrected chi connectivity index (χ4v) is 4.90. The smallest absolute Gasteiger partial charge is 0.457 e. The maximum Gasteiger partial charge on any atom is 0.457 e. The minimum atomic E-state index is -0.886. The molecule has 2 fully saturated rings. The monoisotopic (exact) mass is 452 g/mol. The lowest BCUT2D eigenvalue weighted by Gasteiger charge is -2.43. The van der Waals surface area contributed by atoms with Crippen molar-refractivity contribution in [2.24, 2.45) is 5.92 Å². The van der Waals surface area contributed by atoms with Crippen molar-refractivity contribution in [2.75, 3.05) is 13.7 Å². The third-order valence-corrected chi connectivity index (χ3v) is 7.63. The average molecular weight is 452 g/mol. The predicted octanol–water partition coefficient (Wildman–Crippen LogP) is 3.86. The van der Waals surface area contributed by atoms with E-state index in [1.54, 1.807) is 0 Å². The Morgan fingerprint density at radius 3 is 2.38 bits per heavy atom. The Labute approximate surface area is 195 Å². The summed E-state index contributed by atoms with van der Waals surface area (Å²) in [5, 5.41) is 6.64. The van der Waals surface area contributed by atoms with Gasteiger partial charge in [-0.3, -0.25) is 4.79 Å². The van der Waals surface area contributed by atoms with Crippen LogP contribution in [0.3, 0.4) is 0 Å². The highest BCUT2D eigenvalue weighted by molar-refractivity contribution is 6.45. The molecular formula is C24H45BN2O5. The quantitative estimate of drug-likeness (QED) is 0.281. The van der Waals surface area contributed by atoms with Gasteiger partial charge >= 0.3 is 13.1 Å². The number of amides is 1. The highest BCUT2D eigenvalue weighted by atomic mass is 16.7. The molecule has 3 atom stereocenters. The number of rotatable bonds is 11. The fourth-order valence-electron chi connectivity index (χ4n) is 4.90. The third kappa shape index (κ3) is 6.06. The van der Waals surface area contributed by atoms with Crippen molar-refractivity contribution in [3.63, 3.8) is 0 Å². The molecule has 3 unspecified atom stereocenters. The molecule has 0 aromatic carbocycles. The SMILES string of the molecule is CCCC(CC)C(=O)NC1CCCNC1(CCCCB1OC(C)(C)C(C)(C)O1)C(=O)OC. The molecule has 2 aliphatic rings. The molecule has 2 rings (SSSR count). The van der Waals surface area contributed by atoms with Crippen LogP contribution < -0.4 is 10.6 Å². The molecule has 2 N–H and O–H groups in total. The molecule has 184 valence electrons. The van der Waals surface area contributed by atoms with Crippen LogP contribution in [0.1, 0.15) is 92.9 Å². The minimum Gasteiger partial charge on any atom is -0.468 e. The zero-order valence-electron chi connectivity index (χ0n) is 21.3. The number of piperidine rings is 1. The Kier molecular flexibility index (Phi) is 9.62. The van der Waals surface area contributed by atoms with E-state index in [1.165, 1.54) is 7.11 Å². The van der Waals surface area contributed by atoms with Crippen molar-refractivity contribution < 1.29 is 23.6 Å². The Bertz CT molecular complexity index is 626. The van der Waals surface area contributed by atoms with Crippen molar-refractivity contribution in [3.05, 3.63) is 0 Å². The van der Waals surface area contributed by atoms with E-state index in [-0.39, 0.29) is 42.2 Å². The molecule has 32 heavy (non-hydrogen) atoms. The second-order valence-electron chi connectivity index (χ2n) is 10.4. The number of hydrogen-bond acceptors (Lipinski definition) is 6. The molecule has 0 radical (unpaired) electrons. The molecule has 7 nitrogen and oxygen atoms in total. The van der Waals surface area contributed by atoms with Gasteiger partial charge in [0.1, 0.15) is 5.54 Å². The number of nitrogens with one attached hydrogen (secondary N) is 2. The maximum atomic E-state index is 13.0. The number of hydrogen-bond donors (Lipinski definition) is 2. The first kappa shape index (κ1) is 27.1. The molecule has 0 aromatic heterocycles. The number of ether oxygens (including phenoxy) is 1. The van der Waals surface area contributed by atoms with E-state index in [4.69, 9.17) is 14.0 Å². The first-order valence-corrected chi connectivity index (χ1v) is 12.5. The third-order valence-electron chi connectivity index (χ3n) is 7.63. The van der Waals surface area contributed by atoms with Gasteiger partial charge in [0.05, 0.1) is 24.4 Å². The first-order valence-electron chi connectivity index (χ1n) is 12.5. The lowest BCUT2D eigenvalue weighted by molar-refractivity contribution is -0.152. The van der Waals surface area contributed by atoms with Gasteiger partial charge in [-0.2, -0.15) is 0 Å². The Morgan fingerprint density at radius 1 is 1.16 bits per heavy atom. The zero-order valence-corrected chi connectivity index (χ0v) is 21.3. The molecule has 0 bridgehead atoms. The van der Waals surface area contributed by atoms with Gasteiger partial charge in [-0.1, -0.05) is 33.1 Å². The first-order chi connectivity index (χ1) is 15.0. The molecule has 2 heterocycles. The minimum absolute atomic E-state index is 0.0133. The van der Waals surface area contributed by atoms with E-state index in [1.807, 2.05) is 6.92 Å². The number of esters is 1. The predicted molar refractivity (Wildman–Crippen MR) is 127 cm³/mol. The summed E-state index contributed by atoms with van der Waals surface area (Å²) in [6.07, 6.45) is 7.38. The summed E-state index contributed by atoms with van der Waals surface area (Å²) >= 11 is 0. The lowest BCUT2D eigenvalue weighted by Crippen LogP contribution is -2.68. The largest absolute Gasteiger partial charge is 0.468 e. The van der Waals surface area contributed by atoms with Gasteiger partial charge < -0.3 is 24.7 Å². The molecule has 8 heteroatoms.